The van der Waals surface area contributed by atoms with Gasteiger partial charge in [-0.3, -0.25) is 4.79 Å². The molecule has 0 bridgehead atoms. The number of nitrogens with two attached hydrogens (primary N) is 1. The third-order valence-electron chi connectivity index (χ3n) is 4.08. The smallest absolute Gasteiger partial charge is 0.300 e. The van der Waals surface area contributed by atoms with Crippen molar-refractivity contribution in [1.29, 1.82) is 0 Å². The lowest BCUT2D eigenvalue weighted by Gasteiger charge is -2.33. The number of hydrogen-bond acceptors (Lipinski definition) is 4. The van der Waals surface area contributed by atoms with E-state index in [0.717, 1.165) is 36.7 Å². The topological polar surface area (TPSA) is 101 Å². The van der Waals surface area contributed by atoms with Crippen LogP contribution in [0.1, 0.15) is 29.5 Å². The predicted molar refractivity (Wildman–Crippen MR) is 106 cm³/mol. The fourth-order valence-electron chi connectivity index (χ4n) is 3.04. The number of fused-ring (bicyclic) bond motifs is 1. The van der Waals surface area contributed by atoms with Crippen LogP contribution < -0.4 is 5.14 Å². The minimum atomic E-state index is -3.74. The highest BCUT2D eigenvalue weighted by molar-refractivity contribution is 7.89. The van der Waals surface area contributed by atoms with E-state index in [9.17, 15) is 8.42 Å². The fourth-order valence-corrected chi connectivity index (χ4v) is 4.18. The van der Waals surface area contributed by atoms with E-state index in [1.54, 1.807) is 18.2 Å². The highest BCUT2D eigenvalue weighted by atomic mass is 35.5. The molecule has 1 aliphatic rings. The molecule has 0 aliphatic carbocycles. The quantitative estimate of drug-likeness (QED) is 0.760. The molecule has 0 saturated carbocycles. The second-order valence-electron chi connectivity index (χ2n) is 6.34. The molecule has 0 spiro atoms. The van der Waals surface area contributed by atoms with Crippen LogP contribution in [-0.2, 0) is 21.4 Å². The van der Waals surface area contributed by atoms with Crippen LogP contribution in [0.15, 0.2) is 41.3 Å². The number of sulfonamides is 1. The van der Waals surface area contributed by atoms with Gasteiger partial charge in [-0.15, -0.1) is 0 Å². The molecule has 0 saturated heterocycles. The summed E-state index contributed by atoms with van der Waals surface area (Å²) in [4.78, 5) is 11.3. The molecule has 0 amide bonds. The molecule has 0 fully saturated rings. The van der Waals surface area contributed by atoms with Crippen LogP contribution in [0.5, 0.6) is 0 Å². The second kappa shape index (κ2) is 8.58. The Morgan fingerprint density at radius 1 is 1.26 bits per heavy atom. The molecular weight excluding hydrogens is 411 g/mol. The maximum absolute atomic E-state index is 11.6. The molecule has 6 nitrogen and oxygen atoms in total. The number of carboxylic acids is 1. The van der Waals surface area contributed by atoms with Gasteiger partial charge in [0.05, 0.1) is 4.90 Å². The Morgan fingerprint density at radius 2 is 1.89 bits per heavy atom. The monoisotopic (exact) mass is 430 g/mol. The van der Waals surface area contributed by atoms with Crippen molar-refractivity contribution in [2.45, 2.75) is 24.3 Å². The number of nitrogens with zero attached hydrogens (tertiary/aromatic N) is 1. The molecule has 2 aromatic rings. The Balaban J connectivity index is 0.000000596. The Bertz CT molecular complexity index is 960. The van der Waals surface area contributed by atoms with Crippen molar-refractivity contribution in [3.8, 4) is 0 Å². The first-order chi connectivity index (χ1) is 12.5. The molecule has 3 N–H and O–H groups in total. The van der Waals surface area contributed by atoms with Crippen molar-refractivity contribution in [3.63, 3.8) is 0 Å². The molecule has 2 aromatic carbocycles. The van der Waals surface area contributed by atoms with E-state index in [1.807, 2.05) is 19.2 Å². The molecule has 9 heteroatoms. The Hall–Kier alpha value is -1.64. The zero-order valence-corrected chi connectivity index (χ0v) is 17.1. The van der Waals surface area contributed by atoms with Crippen molar-refractivity contribution < 1.29 is 18.3 Å². The zero-order valence-electron chi connectivity index (χ0n) is 14.8. The third-order valence-corrected chi connectivity index (χ3v) is 5.55. The highest BCUT2D eigenvalue weighted by Gasteiger charge is 2.27. The van der Waals surface area contributed by atoms with Crippen LogP contribution in [0, 0.1) is 0 Å². The third kappa shape index (κ3) is 5.67. The first-order valence-corrected chi connectivity index (χ1v) is 10.3. The van der Waals surface area contributed by atoms with Crippen molar-refractivity contribution in [3.05, 3.63) is 63.1 Å². The lowest BCUT2D eigenvalue weighted by molar-refractivity contribution is -0.134. The number of primary sulfonamides is 1. The summed E-state index contributed by atoms with van der Waals surface area (Å²) in [5.41, 5.74) is 2.94. The number of likely N-dealkylation sites (N-methyl/N-ethyl adjacent to an activating group) is 1. The Labute approximate surface area is 168 Å². The molecular formula is C18H20Cl2N2O4S. The number of aliphatic carboxylic acids is 1. The summed E-state index contributed by atoms with van der Waals surface area (Å²) in [7, 11) is -1.73. The van der Waals surface area contributed by atoms with Gasteiger partial charge in [-0.25, -0.2) is 13.6 Å². The van der Waals surface area contributed by atoms with Gasteiger partial charge in [-0.2, -0.15) is 0 Å². The van der Waals surface area contributed by atoms with Gasteiger partial charge in [0, 0.05) is 36.0 Å². The maximum atomic E-state index is 11.6. The number of halogens is 2. The van der Waals surface area contributed by atoms with E-state index >= 15 is 0 Å². The van der Waals surface area contributed by atoms with Crippen LogP contribution in [0.4, 0.5) is 0 Å². The van der Waals surface area contributed by atoms with E-state index in [0.29, 0.717) is 10.0 Å². The molecule has 3 rings (SSSR count). The first-order valence-electron chi connectivity index (χ1n) is 7.97. The van der Waals surface area contributed by atoms with Gasteiger partial charge >= 0.3 is 0 Å². The van der Waals surface area contributed by atoms with E-state index in [1.165, 1.54) is 6.07 Å². The van der Waals surface area contributed by atoms with Gasteiger partial charge in [0.15, 0.2) is 0 Å². The summed E-state index contributed by atoms with van der Waals surface area (Å²) in [6, 6.07) is 10.4. The Morgan fingerprint density at radius 3 is 2.48 bits per heavy atom. The van der Waals surface area contributed by atoms with Crippen molar-refractivity contribution in [2.75, 3.05) is 13.6 Å². The molecule has 1 unspecified atom stereocenters. The molecule has 27 heavy (non-hydrogen) atoms. The van der Waals surface area contributed by atoms with Crippen LogP contribution in [-0.4, -0.2) is 38.0 Å². The standard InChI is InChI=1S/C16H16Cl2N2O2S.C2H4O2/c1-20-8-14(10-3-2-4-12(5-10)23(19,21)22)13-6-11(17)7-16(18)15(13)9-20;1-2(3)4/h2-7,14H,8-9H2,1H3,(H2,19,21,22);1H3,(H,3,4). The van der Waals surface area contributed by atoms with Gasteiger partial charge in [0.1, 0.15) is 0 Å². The number of rotatable bonds is 2. The van der Waals surface area contributed by atoms with E-state index in [2.05, 4.69) is 4.90 Å². The molecule has 146 valence electrons. The first kappa shape index (κ1) is 21.7. The van der Waals surface area contributed by atoms with Crippen LogP contribution in [0.25, 0.3) is 0 Å². The van der Waals surface area contributed by atoms with Crippen molar-refractivity contribution in [2.24, 2.45) is 5.14 Å². The second-order valence-corrected chi connectivity index (χ2v) is 8.75. The number of carbonyl (C=O) groups is 1. The molecule has 1 heterocycles. The summed E-state index contributed by atoms with van der Waals surface area (Å²) >= 11 is 12.5. The summed E-state index contributed by atoms with van der Waals surface area (Å²) < 4.78 is 23.2. The van der Waals surface area contributed by atoms with Gasteiger partial charge in [-0.1, -0.05) is 35.3 Å². The SMILES string of the molecule is CC(=O)O.CN1Cc2c(Cl)cc(Cl)cc2C(c2cccc(S(N)(=O)=O)c2)C1. The fraction of sp³-hybridized carbons (Fsp3) is 0.278. The van der Waals surface area contributed by atoms with E-state index in [-0.39, 0.29) is 10.8 Å². The van der Waals surface area contributed by atoms with E-state index in [4.69, 9.17) is 38.2 Å². The van der Waals surface area contributed by atoms with Crippen molar-refractivity contribution >= 4 is 39.2 Å². The largest absolute Gasteiger partial charge is 0.481 e. The van der Waals surface area contributed by atoms with Crippen LogP contribution >= 0.6 is 23.2 Å². The lowest BCUT2D eigenvalue weighted by Crippen LogP contribution is -2.31. The molecule has 1 atom stereocenters. The van der Waals surface area contributed by atoms with Crippen molar-refractivity contribution in [1.82, 2.24) is 4.90 Å². The Kier molecular flexibility index (Phi) is 6.88. The minimum Gasteiger partial charge on any atom is -0.481 e. The maximum Gasteiger partial charge on any atom is 0.300 e. The average molecular weight is 431 g/mol. The average Bonchev–Trinajstić information content (AvgIpc) is 2.54. The molecule has 1 aliphatic heterocycles. The van der Waals surface area contributed by atoms with Crippen LogP contribution in [0.3, 0.4) is 0 Å². The van der Waals surface area contributed by atoms with Crippen LogP contribution in [0.2, 0.25) is 10.0 Å². The van der Waals surface area contributed by atoms with Gasteiger partial charge < -0.3 is 10.0 Å². The van der Waals surface area contributed by atoms with Gasteiger partial charge in [-0.05, 0) is 48.0 Å². The predicted octanol–water partition coefficient (Wildman–Crippen LogP) is 3.31. The van der Waals surface area contributed by atoms with Gasteiger partial charge in [0.25, 0.3) is 5.97 Å². The normalized spacial score (nSPS) is 16.9. The number of hydrogen-bond donors (Lipinski definition) is 2. The minimum absolute atomic E-state index is 0.0124. The summed E-state index contributed by atoms with van der Waals surface area (Å²) in [5, 5.41) is 13.9. The van der Waals surface area contributed by atoms with Gasteiger partial charge in [0.2, 0.25) is 10.0 Å². The highest BCUT2D eigenvalue weighted by Crippen LogP contribution is 2.38. The lowest BCUT2D eigenvalue weighted by atomic mass is 9.85. The molecule has 0 aromatic heterocycles. The number of benzene rings is 2. The summed E-state index contributed by atoms with van der Waals surface area (Å²) in [6.45, 7) is 2.56. The summed E-state index contributed by atoms with van der Waals surface area (Å²) in [6.07, 6.45) is 0. The zero-order chi connectivity index (χ0) is 20.4. The molecule has 0 radical (unpaired) electrons. The number of carboxylic acid groups (broad SMARTS) is 1. The summed E-state index contributed by atoms with van der Waals surface area (Å²) in [5.74, 6) is -0.846. The van der Waals surface area contributed by atoms with E-state index < -0.39 is 16.0 Å².